The minimum absolute atomic E-state index is 0.00453. The lowest BCUT2D eigenvalue weighted by atomic mass is 10.2. The van der Waals surface area contributed by atoms with Gasteiger partial charge in [0.25, 0.3) is 0 Å². The Morgan fingerprint density at radius 1 is 0.861 bits per heavy atom. The fourth-order valence-electron chi connectivity index (χ4n) is 3.26. The van der Waals surface area contributed by atoms with Gasteiger partial charge in [-0.2, -0.15) is 4.31 Å². The summed E-state index contributed by atoms with van der Waals surface area (Å²) in [5, 5.41) is 3.36. The quantitative estimate of drug-likeness (QED) is 0.411. The van der Waals surface area contributed by atoms with E-state index >= 15 is 0 Å². The molecule has 12 heteroatoms. The van der Waals surface area contributed by atoms with Crippen molar-refractivity contribution < 1.29 is 21.6 Å². The molecule has 0 fully saturated rings. The predicted molar refractivity (Wildman–Crippen MR) is 141 cm³/mol. The minimum atomic E-state index is -4.12. The number of benzene rings is 3. The molecule has 0 bridgehead atoms. The molecule has 0 saturated heterocycles. The van der Waals surface area contributed by atoms with Gasteiger partial charge in [0.15, 0.2) is 0 Å². The molecule has 0 aliphatic heterocycles. The number of rotatable bonds is 9. The summed E-state index contributed by atoms with van der Waals surface area (Å²) in [4.78, 5) is 13.0. The van der Waals surface area contributed by atoms with Crippen molar-refractivity contribution in [2.24, 2.45) is 0 Å². The Morgan fingerprint density at radius 3 is 2.08 bits per heavy atom. The van der Waals surface area contributed by atoms with Crippen molar-refractivity contribution in [2.75, 3.05) is 26.0 Å². The summed E-state index contributed by atoms with van der Waals surface area (Å²) in [6, 6.07) is 16.7. The van der Waals surface area contributed by atoms with Crippen LogP contribution in [0.3, 0.4) is 0 Å². The van der Waals surface area contributed by atoms with Crippen LogP contribution in [0.2, 0.25) is 10.0 Å². The molecule has 0 aromatic heterocycles. The number of anilines is 1. The lowest BCUT2D eigenvalue weighted by molar-refractivity contribution is -0.116. The van der Waals surface area contributed by atoms with Crippen LogP contribution >= 0.6 is 23.2 Å². The maximum Gasteiger partial charge on any atom is 0.243 e. The normalized spacial score (nSPS) is 12.2. The standard InChI is InChI=1S/C24H25Cl2N3O5S2/c1-17-8-11-21(35(31,32)28(2)3)14-23(17)27-24(30)16-29(15-18-6-4-5-7-22(18)26)36(33,34)20-12-9-19(25)10-13-20/h4-14H,15-16H2,1-3H3,(H,27,30). The molecule has 0 unspecified atom stereocenters. The van der Waals surface area contributed by atoms with Gasteiger partial charge in [0.1, 0.15) is 0 Å². The molecule has 192 valence electrons. The Balaban J connectivity index is 1.93. The summed E-state index contributed by atoms with van der Waals surface area (Å²) < 4.78 is 54.0. The van der Waals surface area contributed by atoms with Crippen LogP contribution in [-0.4, -0.2) is 52.0 Å². The number of hydrogen-bond donors (Lipinski definition) is 1. The van der Waals surface area contributed by atoms with E-state index in [1.165, 1.54) is 50.5 Å². The molecule has 3 rings (SSSR count). The van der Waals surface area contributed by atoms with Crippen LogP contribution < -0.4 is 5.32 Å². The second kappa shape index (κ2) is 11.3. The highest BCUT2D eigenvalue weighted by atomic mass is 35.5. The zero-order chi connectivity index (χ0) is 26.7. The van der Waals surface area contributed by atoms with Gasteiger partial charge in [0.2, 0.25) is 26.0 Å². The first kappa shape index (κ1) is 28.1. The van der Waals surface area contributed by atoms with Crippen LogP contribution in [0, 0.1) is 6.92 Å². The first-order valence-corrected chi connectivity index (χ1v) is 14.3. The fourth-order valence-corrected chi connectivity index (χ4v) is 5.88. The summed E-state index contributed by atoms with van der Waals surface area (Å²) in [5.74, 6) is -0.651. The largest absolute Gasteiger partial charge is 0.325 e. The third-order valence-corrected chi connectivity index (χ3v) is 9.58. The summed E-state index contributed by atoms with van der Waals surface area (Å²) >= 11 is 12.2. The van der Waals surface area contributed by atoms with Crippen molar-refractivity contribution in [2.45, 2.75) is 23.3 Å². The Hall–Kier alpha value is -2.47. The van der Waals surface area contributed by atoms with Gasteiger partial charge < -0.3 is 5.32 Å². The Morgan fingerprint density at radius 2 is 1.47 bits per heavy atom. The second-order valence-corrected chi connectivity index (χ2v) is 13.1. The highest BCUT2D eigenvalue weighted by molar-refractivity contribution is 7.89. The molecular formula is C24H25Cl2N3O5S2. The van der Waals surface area contributed by atoms with E-state index < -0.39 is 32.5 Å². The van der Waals surface area contributed by atoms with Gasteiger partial charge in [-0.25, -0.2) is 21.1 Å². The molecular weight excluding hydrogens is 545 g/mol. The second-order valence-electron chi connectivity index (χ2n) is 8.13. The molecule has 1 N–H and O–H groups in total. The van der Waals surface area contributed by atoms with E-state index in [4.69, 9.17) is 23.2 Å². The number of carbonyl (C=O) groups excluding carboxylic acids is 1. The molecule has 0 radical (unpaired) electrons. The summed E-state index contributed by atoms with van der Waals surface area (Å²) in [6.07, 6.45) is 0. The SMILES string of the molecule is Cc1ccc(S(=O)(=O)N(C)C)cc1NC(=O)CN(Cc1ccccc1Cl)S(=O)(=O)c1ccc(Cl)cc1. The van der Waals surface area contributed by atoms with Crippen LogP contribution in [0.25, 0.3) is 0 Å². The number of carbonyl (C=O) groups is 1. The molecule has 36 heavy (non-hydrogen) atoms. The summed E-state index contributed by atoms with van der Waals surface area (Å²) in [7, 11) is -5.04. The van der Waals surface area contributed by atoms with Gasteiger partial charge in [0.05, 0.1) is 16.3 Å². The van der Waals surface area contributed by atoms with E-state index in [9.17, 15) is 21.6 Å². The summed E-state index contributed by atoms with van der Waals surface area (Å²) in [5.41, 5.74) is 1.38. The van der Waals surface area contributed by atoms with E-state index in [1.807, 2.05) is 0 Å². The highest BCUT2D eigenvalue weighted by Gasteiger charge is 2.28. The predicted octanol–water partition coefficient (Wildman–Crippen LogP) is 4.38. The number of nitrogens with zero attached hydrogens (tertiary/aromatic N) is 2. The maximum atomic E-state index is 13.4. The van der Waals surface area contributed by atoms with Gasteiger partial charge in [-0.1, -0.05) is 47.5 Å². The number of aryl methyl sites for hydroxylation is 1. The van der Waals surface area contributed by atoms with Gasteiger partial charge >= 0.3 is 0 Å². The molecule has 3 aromatic rings. The van der Waals surface area contributed by atoms with Gasteiger partial charge in [0, 0.05) is 36.4 Å². The molecule has 0 spiro atoms. The van der Waals surface area contributed by atoms with Crippen molar-refractivity contribution in [3.05, 3.63) is 87.9 Å². The summed E-state index contributed by atoms with van der Waals surface area (Å²) in [6.45, 7) is 1.00. The number of nitrogens with one attached hydrogen (secondary N) is 1. The monoisotopic (exact) mass is 569 g/mol. The van der Waals surface area contributed by atoms with Crippen LogP contribution in [0.1, 0.15) is 11.1 Å². The van der Waals surface area contributed by atoms with E-state index in [1.54, 1.807) is 37.3 Å². The molecule has 0 aliphatic rings. The van der Waals surface area contributed by atoms with Gasteiger partial charge in [-0.05, 0) is 60.5 Å². The van der Waals surface area contributed by atoms with E-state index in [2.05, 4.69) is 5.32 Å². The third kappa shape index (κ3) is 6.44. The molecule has 1 amide bonds. The van der Waals surface area contributed by atoms with Crippen LogP contribution in [0.5, 0.6) is 0 Å². The number of halogens is 2. The van der Waals surface area contributed by atoms with E-state index in [0.29, 0.717) is 21.2 Å². The topological polar surface area (TPSA) is 104 Å². The lowest BCUT2D eigenvalue weighted by Crippen LogP contribution is -2.37. The van der Waals surface area contributed by atoms with Crippen molar-refractivity contribution >= 4 is 54.8 Å². The number of amides is 1. The highest BCUT2D eigenvalue weighted by Crippen LogP contribution is 2.25. The zero-order valence-corrected chi connectivity index (χ0v) is 22.9. The molecule has 0 atom stereocenters. The van der Waals surface area contributed by atoms with Gasteiger partial charge in [-0.15, -0.1) is 0 Å². The maximum absolute atomic E-state index is 13.4. The van der Waals surface area contributed by atoms with Crippen molar-refractivity contribution in [3.8, 4) is 0 Å². The Labute approximate surface area is 221 Å². The molecule has 3 aromatic carbocycles. The van der Waals surface area contributed by atoms with E-state index in [-0.39, 0.29) is 22.0 Å². The zero-order valence-electron chi connectivity index (χ0n) is 19.8. The molecule has 0 aliphatic carbocycles. The van der Waals surface area contributed by atoms with Crippen LogP contribution in [0.4, 0.5) is 5.69 Å². The smallest absolute Gasteiger partial charge is 0.243 e. The fraction of sp³-hybridized carbons (Fsp3) is 0.208. The first-order chi connectivity index (χ1) is 16.8. The van der Waals surface area contributed by atoms with Crippen molar-refractivity contribution in [3.63, 3.8) is 0 Å². The average Bonchev–Trinajstić information content (AvgIpc) is 2.81. The van der Waals surface area contributed by atoms with Crippen LogP contribution in [0.15, 0.2) is 76.5 Å². The van der Waals surface area contributed by atoms with Crippen molar-refractivity contribution in [1.82, 2.24) is 8.61 Å². The molecule has 0 saturated carbocycles. The lowest BCUT2D eigenvalue weighted by Gasteiger charge is -2.23. The number of hydrogen-bond acceptors (Lipinski definition) is 5. The van der Waals surface area contributed by atoms with E-state index in [0.717, 1.165) is 8.61 Å². The minimum Gasteiger partial charge on any atom is -0.325 e. The molecule has 0 heterocycles. The Kier molecular flexibility index (Phi) is 8.81. The van der Waals surface area contributed by atoms with Gasteiger partial charge in [-0.3, -0.25) is 4.79 Å². The van der Waals surface area contributed by atoms with Crippen LogP contribution in [-0.2, 0) is 31.4 Å². The average molecular weight is 571 g/mol. The van der Waals surface area contributed by atoms with Crippen molar-refractivity contribution in [1.29, 1.82) is 0 Å². The number of sulfonamides is 2. The third-order valence-electron chi connectivity index (χ3n) is 5.34. The Bertz CT molecular complexity index is 1480. The molecule has 8 nitrogen and oxygen atoms in total. The first-order valence-electron chi connectivity index (χ1n) is 10.6.